The van der Waals surface area contributed by atoms with Crippen LogP contribution in [0.2, 0.25) is 0 Å². The molecule has 0 atom stereocenters. The van der Waals surface area contributed by atoms with Gasteiger partial charge < -0.3 is 11.1 Å². The number of carbonyl (C=O) groups excluding carboxylic acids is 1. The zero-order valence-electron chi connectivity index (χ0n) is 10.1. The van der Waals surface area contributed by atoms with Crippen LogP contribution in [0.4, 0.5) is 0 Å². The van der Waals surface area contributed by atoms with Crippen molar-refractivity contribution in [2.45, 2.75) is 41.0 Å². The Morgan fingerprint density at radius 3 is 2.07 bits per heavy atom. The standard InChI is InChI=1S/C11H24N2O/c1-10(2,3)8-13-9(14)11(4,5)6-7-12/h6-8,12H2,1-5H3,(H,13,14). The lowest BCUT2D eigenvalue weighted by Crippen LogP contribution is -2.41. The summed E-state index contributed by atoms with van der Waals surface area (Å²) >= 11 is 0. The predicted molar refractivity (Wildman–Crippen MR) is 59.9 cm³/mol. The Balaban J connectivity index is 4.08. The van der Waals surface area contributed by atoms with Crippen LogP contribution in [0, 0.1) is 10.8 Å². The van der Waals surface area contributed by atoms with E-state index < -0.39 is 0 Å². The fourth-order valence-electron chi connectivity index (χ4n) is 1.06. The van der Waals surface area contributed by atoms with Gasteiger partial charge in [0.25, 0.3) is 0 Å². The van der Waals surface area contributed by atoms with Gasteiger partial charge in [0.1, 0.15) is 0 Å². The van der Waals surface area contributed by atoms with Crippen LogP contribution < -0.4 is 11.1 Å². The second-order valence-corrected chi connectivity index (χ2v) is 5.67. The summed E-state index contributed by atoms with van der Waals surface area (Å²) in [6, 6.07) is 0. The summed E-state index contributed by atoms with van der Waals surface area (Å²) < 4.78 is 0. The molecule has 0 aromatic carbocycles. The summed E-state index contributed by atoms with van der Waals surface area (Å²) in [7, 11) is 0. The van der Waals surface area contributed by atoms with Crippen LogP contribution >= 0.6 is 0 Å². The molecular weight excluding hydrogens is 176 g/mol. The van der Waals surface area contributed by atoms with E-state index in [0.717, 1.165) is 6.42 Å². The molecule has 14 heavy (non-hydrogen) atoms. The Labute approximate surface area is 87.4 Å². The summed E-state index contributed by atoms with van der Waals surface area (Å²) in [6.45, 7) is 11.4. The highest BCUT2D eigenvalue weighted by Crippen LogP contribution is 2.20. The molecule has 0 aromatic rings. The molecule has 0 saturated carbocycles. The molecule has 3 heteroatoms. The van der Waals surface area contributed by atoms with Crippen LogP contribution in [-0.2, 0) is 4.79 Å². The monoisotopic (exact) mass is 200 g/mol. The third-order valence-corrected chi connectivity index (χ3v) is 2.16. The zero-order valence-corrected chi connectivity index (χ0v) is 10.1. The van der Waals surface area contributed by atoms with Crippen molar-refractivity contribution in [3.05, 3.63) is 0 Å². The third kappa shape index (κ3) is 5.22. The van der Waals surface area contributed by atoms with Crippen LogP contribution in [0.3, 0.4) is 0 Å². The molecule has 0 heterocycles. The van der Waals surface area contributed by atoms with Crippen molar-refractivity contribution >= 4 is 5.91 Å². The van der Waals surface area contributed by atoms with Gasteiger partial charge in [-0.15, -0.1) is 0 Å². The minimum atomic E-state index is -0.347. The molecule has 0 aromatic heterocycles. The van der Waals surface area contributed by atoms with Crippen LogP contribution in [0.15, 0.2) is 0 Å². The number of rotatable bonds is 4. The molecule has 1 amide bonds. The van der Waals surface area contributed by atoms with Gasteiger partial charge in [-0.05, 0) is 18.4 Å². The van der Waals surface area contributed by atoms with E-state index >= 15 is 0 Å². The second-order valence-electron chi connectivity index (χ2n) is 5.67. The van der Waals surface area contributed by atoms with Crippen molar-refractivity contribution in [2.24, 2.45) is 16.6 Å². The average Bonchev–Trinajstić information content (AvgIpc) is 1.98. The minimum Gasteiger partial charge on any atom is -0.355 e. The van der Waals surface area contributed by atoms with Gasteiger partial charge >= 0.3 is 0 Å². The topological polar surface area (TPSA) is 55.1 Å². The Kier molecular flexibility index (Phi) is 4.59. The molecule has 0 aliphatic rings. The lowest BCUT2D eigenvalue weighted by atomic mass is 9.87. The Hall–Kier alpha value is -0.570. The molecule has 84 valence electrons. The lowest BCUT2D eigenvalue weighted by Gasteiger charge is -2.26. The lowest BCUT2D eigenvalue weighted by molar-refractivity contribution is -0.130. The van der Waals surface area contributed by atoms with Gasteiger partial charge in [-0.2, -0.15) is 0 Å². The maximum atomic E-state index is 11.7. The van der Waals surface area contributed by atoms with Crippen molar-refractivity contribution in [1.29, 1.82) is 0 Å². The molecule has 3 nitrogen and oxygen atoms in total. The minimum absolute atomic E-state index is 0.0953. The van der Waals surface area contributed by atoms with Crippen molar-refractivity contribution in [3.63, 3.8) is 0 Å². The summed E-state index contributed by atoms with van der Waals surface area (Å²) in [5, 5.41) is 2.95. The highest BCUT2D eigenvalue weighted by Gasteiger charge is 2.27. The number of nitrogens with two attached hydrogens (primary N) is 1. The predicted octanol–water partition coefficient (Wildman–Crippen LogP) is 1.52. The van der Waals surface area contributed by atoms with Gasteiger partial charge in [0.15, 0.2) is 0 Å². The summed E-state index contributed by atoms with van der Waals surface area (Å²) in [4.78, 5) is 11.7. The van der Waals surface area contributed by atoms with Crippen molar-refractivity contribution < 1.29 is 4.79 Å². The normalized spacial score (nSPS) is 12.7. The van der Waals surface area contributed by atoms with Gasteiger partial charge in [0.2, 0.25) is 5.91 Å². The molecule has 0 aliphatic carbocycles. The van der Waals surface area contributed by atoms with E-state index in [2.05, 4.69) is 26.1 Å². The first-order chi connectivity index (χ1) is 6.19. The number of nitrogens with one attached hydrogen (secondary N) is 1. The molecular formula is C11H24N2O. The first-order valence-electron chi connectivity index (χ1n) is 5.17. The Morgan fingerprint density at radius 2 is 1.71 bits per heavy atom. The SMILES string of the molecule is CC(C)(C)CNC(=O)C(C)(C)CCN. The van der Waals surface area contributed by atoms with Gasteiger partial charge in [-0.25, -0.2) is 0 Å². The quantitative estimate of drug-likeness (QED) is 0.723. The maximum Gasteiger partial charge on any atom is 0.225 e. The van der Waals surface area contributed by atoms with Crippen LogP contribution in [0.25, 0.3) is 0 Å². The molecule has 0 aliphatic heterocycles. The second kappa shape index (κ2) is 4.78. The molecule has 0 unspecified atom stereocenters. The van der Waals surface area contributed by atoms with E-state index in [9.17, 15) is 4.79 Å². The fourth-order valence-corrected chi connectivity index (χ4v) is 1.06. The highest BCUT2D eigenvalue weighted by molar-refractivity contribution is 5.81. The molecule has 3 N–H and O–H groups in total. The van der Waals surface area contributed by atoms with Crippen molar-refractivity contribution in [1.82, 2.24) is 5.32 Å². The molecule has 0 bridgehead atoms. The largest absolute Gasteiger partial charge is 0.355 e. The van der Waals surface area contributed by atoms with Gasteiger partial charge in [0, 0.05) is 12.0 Å². The van der Waals surface area contributed by atoms with E-state index in [-0.39, 0.29) is 16.7 Å². The molecule has 0 fully saturated rings. The smallest absolute Gasteiger partial charge is 0.225 e. The van der Waals surface area contributed by atoms with E-state index in [0.29, 0.717) is 13.1 Å². The first kappa shape index (κ1) is 13.4. The maximum absolute atomic E-state index is 11.7. The van der Waals surface area contributed by atoms with E-state index in [1.54, 1.807) is 0 Å². The van der Waals surface area contributed by atoms with Crippen molar-refractivity contribution in [3.8, 4) is 0 Å². The van der Waals surface area contributed by atoms with E-state index in [4.69, 9.17) is 5.73 Å². The number of hydrogen-bond acceptors (Lipinski definition) is 2. The Morgan fingerprint density at radius 1 is 1.21 bits per heavy atom. The fraction of sp³-hybridized carbons (Fsp3) is 0.909. The zero-order chi connectivity index (χ0) is 11.4. The summed E-state index contributed by atoms with van der Waals surface area (Å²) in [5.74, 6) is 0.0953. The molecule has 0 radical (unpaired) electrons. The number of hydrogen-bond donors (Lipinski definition) is 2. The molecule has 0 rings (SSSR count). The number of carbonyl (C=O) groups is 1. The molecule has 0 spiro atoms. The number of amides is 1. The Bertz CT molecular complexity index is 192. The van der Waals surface area contributed by atoms with Gasteiger partial charge in [-0.1, -0.05) is 34.6 Å². The van der Waals surface area contributed by atoms with E-state index in [1.165, 1.54) is 0 Å². The van der Waals surface area contributed by atoms with Gasteiger partial charge in [-0.3, -0.25) is 4.79 Å². The van der Waals surface area contributed by atoms with Crippen LogP contribution in [-0.4, -0.2) is 19.0 Å². The van der Waals surface area contributed by atoms with Gasteiger partial charge in [0.05, 0.1) is 0 Å². The first-order valence-corrected chi connectivity index (χ1v) is 5.17. The summed E-state index contributed by atoms with van der Waals surface area (Å²) in [5.41, 5.74) is 5.24. The van der Waals surface area contributed by atoms with E-state index in [1.807, 2.05) is 13.8 Å². The average molecular weight is 200 g/mol. The van der Waals surface area contributed by atoms with Crippen LogP contribution in [0.1, 0.15) is 41.0 Å². The van der Waals surface area contributed by atoms with Crippen LogP contribution in [0.5, 0.6) is 0 Å². The highest BCUT2D eigenvalue weighted by atomic mass is 16.2. The summed E-state index contributed by atoms with van der Waals surface area (Å²) in [6.07, 6.45) is 0.725. The third-order valence-electron chi connectivity index (χ3n) is 2.16. The van der Waals surface area contributed by atoms with Crippen molar-refractivity contribution in [2.75, 3.05) is 13.1 Å². The molecule has 0 saturated heterocycles.